The van der Waals surface area contributed by atoms with E-state index in [4.69, 9.17) is 10.1 Å². The standard InChI is InChI=1S/C6H7BO2S.C2H6O/c8-7(9-10)6-4-2-1-3-5-6;1-2-3/h1-5,8,10H;3H,2H2,1H3. The second-order valence-electron chi connectivity index (χ2n) is 2.18. The minimum Gasteiger partial charge on any atom is -0.423 e. The Labute approximate surface area is 84.1 Å². The van der Waals surface area contributed by atoms with Gasteiger partial charge in [-0.05, 0) is 25.3 Å². The number of hydrogen-bond acceptors (Lipinski definition) is 4. The highest BCUT2D eigenvalue weighted by molar-refractivity contribution is 7.76. The van der Waals surface area contributed by atoms with E-state index in [0.29, 0.717) is 5.46 Å². The molecule has 3 nitrogen and oxygen atoms in total. The first kappa shape index (κ1) is 12.5. The summed E-state index contributed by atoms with van der Waals surface area (Å²) in [6.07, 6.45) is 0. The second kappa shape index (κ2) is 8.13. The van der Waals surface area contributed by atoms with Crippen molar-refractivity contribution in [1.82, 2.24) is 0 Å². The molecule has 13 heavy (non-hydrogen) atoms. The van der Waals surface area contributed by atoms with Gasteiger partial charge in [-0.1, -0.05) is 30.3 Å². The average molecular weight is 200 g/mol. The summed E-state index contributed by atoms with van der Waals surface area (Å²) in [6.45, 7) is 1.93. The van der Waals surface area contributed by atoms with Gasteiger partial charge in [0.25, 0.3) is 0 Å². The molecule has 0 heterocycles. The van der Waals surface area contributed by atoms with Gasteiger partial charge < -0.3 is 14.2 Å². The SMILES string of the molecule is CCO.OB(OS)c1ccccc1. The quantitative estimate of drug-likeness (QED) is 0.364. The van der Waals surface area contributed by atoms with Crippen LogP contribution >= 0.6 is 12.9 Å². The molecule has 1 aromatic carbocycles. The molecule has 0 fully saturated rings. The van der Waals surface area contributed by atoms with E-state index in [2.05, 4.69) is 17.0 Å². The van der Waals surface area contributed by atoms with Crippen molar-refractivity contribution in [2.75, 3.05) is 6.61 Å². The molecule has 5 heteroatoms. The van der Waals surface area contributed by atoms with Crippen molar-refractivity contribution in [1.29, 1.82) is 0 Å². The molecular weight excluding hydrogens is 187 g/mol. The smallest absolute Gasteiger partial charge is 0.423 e. The Kier molecular flexibility index (Phi) is 7.83. The topological polar surface area (TPSA) is 49.7 Å². The van der Waals surface area contributed by atoms with Crippen LogP contribution in [0, 0.1) is 0 Å². The first-order chi connectivity index (χ1) is 6.26. The van der Waals surface area contributed by atoms with E-state index in [1.165, 1.54) is 0 Å². The summed E-state index contributed by atoms with van der Waals surface area (Å²) in [7, 11) is -0.926. The van der Waals surface area contributed by atoms with Crippen LogP contribution in [-0.4, -0.2) is 23.9 Å². The molecular formula is C8H13BO3S. The lowest BCUT2D eigenvalue weighted by Crippen LogP contribution is -2.30. The predicted octanol–water partition coefficient (Wildman–Crippen LogP) is 0.234. The first-order valence-corrected chi connectivity index (χ1v) is 4.26. The summed E-state index contributed by atoms with van der Waals surface area (Å²) in [5, 5.41) is 16.6. The molecule has 1 aromatic rings. The summed E-state index contributed by atoms with van der Waals surface area (Å²) in [5.74, 6) is 0. The zero-order valence-corrected chi connectivity index (χ0v) is 8.32. The molecule has 0 aromatic heterocycles. The van der Waals surface area contributed by atoms with Gasteiger partial charge in [-0.15, -0.1) is 0 Å². The van der Waals surface area contributed by atoms with Gasteiger partial charge in [0.2, 0.25) is 0 Å². The van der Waals surface area contributed by atoms with E-state index < -0.39 is 7.12 Å². The van der Waals surface area contributed by atoms with Gasteiger partial charge in [0.05, 0.1) is 0 Å². The van der Waals surface area contributed by atoms with Crippen molar-refractivity contribution >= 4 is 25.5 Å². The molecule has 0 radical (unpaired) electrons. The van der Waals surface area contributed by atoms with Gasteiger partial charge in [-0.2, -0.15) is 0 Å². The molecule has 0 aliphatic rings. The fourth-order valence-electron chi connectivity index (χ4n) is 0.679. The number of hydrogen-bond donors (Lipinski definition) is 3. The monoisotopic (exact) mass is 200 g/mol. The van der Waals surface area contributed by atoms with Crippen molar-refractivity contribution in [3.63, 3.8) is 0 Å². The fraction of sp³-hybridized carbons (Fsp3) is 0.250. The molecule has 2 N–H and O–H groups in total. The highest BCUT2D eigenvalue weighted by Crippen LogP contribution is 1.88. The third-order valence-corrected chi connectivity index (χ3v) is 1.38. The van der Waals surface area contributed by atoms with E-state index in [1.54, 1.807) is 19.1 Å². The van der Waals surface area contributed by atoms with Gasteiger partial charge in [0.15, 0.2) is 0 Å². The Morgan fingerprint density at radius 3 is 2.23 bits per heavy atom. The third-order valence-electron chi connectivity index (χ3n) is 1.18. The molecule has 0 atom stereocenters. The molecule has 72 valence electrons. The largest absolute Gasteiger partial charge is 0.502 e. The lowest BCUT2D eigenvalue weighted by atomic mass is 9.81. The molecule has 0 amide bonds. The first-order valence-electron chi connectivity index (χ1n) is 3.90. The molecule has 0 aliphatic heterocycles. The Morgan fingerprint density at radius 1 is 1.38 bits per heavy atom. The van der Waals surface area contributed by atoms with Crippen LogP contribution < -0.4 is 5.46 Å². The average Bonchev–Trinajstić information content (AvgIpc) is 2.19. The van der Waals surface area contributed by atoms with E-state index in [-0.39, 0.29) is 6.61 Å². The Balaban J connectivity index is 0.000000424. The fourth-order valence-corrected chi connectivity index (χ4v) is 0.800. The summed E-state index contributed by atoms with van der Waals surface area (Å²) < 4.78 is 4.39. The highest BCUT2D eigenvalue weighted by atomic mass is 32.1. The molecule has 0 unspecified atom stereocenters. The van der Waals surface area contributed by atoms with Crippen LogP contribution in [0.1, 0.15) is 6.92 Å². The van der Waals surface area contributed by atoms with Gasteiger partial charge in [-0.25, -0.2) is 0 Å². The summed E-state index contributed by atoms with van der Waals surface area (Å²) in [6, 6.07) is 9.05. The van der Waals surface area contributed by atoms with Crippen LogP contribution in [0.3, 0.4) is 0 Å². The van der Waals surface area contributed by atoms with Crippen LogP contribution in [0.5, 0.6) is 0 Å². The summed E-state index contributed by atoms with van der Waals surface area (Å²) in [5.41, 5.74) is 0.706. The maximum absolute atomic E-state index is 9.03. The molecule has 1 rings (SSSR count). The minimum absolute atomic E-state index is 0.250. The minimum atomic E-state index is -0.926. The van der Waals surface area contributed by atoms with E-state index in [9.17, 15) is 0 Å². The van der Waals surface area contributed by atoms with Crippen molar-refractivity contribution in [3.05, 3.63) is 30.3 Å². The Hall–Kier alpha value is -0.485. The molecule has 0 saturated heterocycles. The molecule has 0 spiro atoms. The van der Waals surface area contributed by atoms with Crippen LogP contribution in [0.4, 0.5) is 0 Å². The number of thiol groups is 1. The van der Waals surface area contributed by atoms with E-state index in [0.717, 1.165) is 0 Å². The van der Waals surface area contributed by atoms with Crippen molar-refractivity contribution in [2.24, 2.45) is 0 Å². The predicted molar refractivity (Wildman–Crippen MR) is 56.9 cm³/mol. The highest BCUT2D eigenvalue weighted by Gasteiger charge is 2.12. The van der Waals surface area contributed by atoms with Crippen molar-refractivity contribution < 1.29 is 14.2 Å². The number of aliphatic hydroxyl groups is 1. The summed E-state index contributed by atoms with van der Waals surface area (Å²) >= 11 is 3.48. The summed E-state index contributed by atoms with van der Waals surface area (Å²) in [4.78, 5) is 0. The maximum atomic E-state index is 9.03. The van der Waals surface area contributed by atoms with Gasteiger partial charge >= 0.3 is 7.12 Å². The number of aliphatic hydroxyl groups excluding tert-OH is 1. The Morgan fingerprint density at radius 2 is 1.85 bits per heavy atom. The third kappa shape index (κ3) is 5.71. The van der Waals surface area contributed by atoms with Gasteiger partial charge in [0, 0.05) is 6.61 Å². The zero-order valence-electron chi connectivity index (χ0n) is 7.42. The van der Waals surface area contributed by atoms with E-state index >= 15 is 0 Å². The van der Waals surface area contributed by atoms with Crippen molar-refractivity contribution in [2.45, 2.75) is 6.92 Å². The lowest BCUT2D eigenvalue weighted by molar-refractivity contribution is 0.318. The molecule has 0 aliphatic carbocycles. The normalized spacial score (nSPS) is 8.62. The van der Waals surface area contributed by atoms with Crippen LogP contribution in [-0.2, 0) is 4.10 Å². The lowest BCUT2D eigenvalue weighted by Gasteiger charge is -1.99. The molecule has 0 bridgehead atoms. The molecule has 0 saturated carbocycles. The van der Waals surface area contributed by atoms with Crippen LogP contribution in [0.15, 0.2) is 30.3 Å². The van der Waals surface area contributed by atoms with Gasteiger partial charge in [-0.3, -0.25) is 0 Å². The van der Waals surface area contributed by atoms with Crippen LogP contribution in [0.2, 0.25) is 0 Å². The van der Waals surface area contributed by atoms with E-state index in [1.807, 2.05) is 18.2 Å². The zero-order chi connectivity index (χ0) is 10.1. The Bertz CT molecular complexity index is 208. The van der Waals surface area contributed by atoms with Crippen molar-refractivity contribution in [3.8, 4) is 0 Å². The van der Waals surface area contributed by atoms with Gasteiger partial charge in [0.1, 0.15) is 0 Å². The number of benzene rings is 1. The second-order valence-corrected chi connectivity index (χ2v) is 2.40. The maximum Gasteiger partial charge on any atom is 0.502 e. The number of rotatable bonds is 2. The van der Waals surface area contributed by atoms with Crippen LogP contribution in [0.25, 0.3) is 0 Å².